The Hall–Kier alpha value is -2.27. The average Bonchev–Trinajstić information content (AvgIpc) is 3.03. The van der Waals surface area contributed by atoms with Gasteiger partial charge in [-0.2, -0.15) is 0 Å². The number of imidazole rings is 2. The van der Waals surface area contributed by atoms with Crippen LogP contribution in [0.2, 0.25) is 0 Å². The predicted molar refractivity (Wildman–Crippen MR) is 76.3 cm³/mol. The molecule has 4 nitrogen and oxygen atoms in total. The maximum Gasteiger partial charge on any atom is 0.171 e. The standard InChI is InChI=1S/C14H10N4S/c1-2-4-12-11(3-1)17-14(18-12)19-9-5-6-10-13(7-9)16-8-15-10/h1-8H,(H,15,16)(H,17,18). The molecule has 0 bridgehead atoms. The maximum absolute atomic E-state index is 4.56. The highest BCUT2D eigenvalue weighted by Crippen LogP contribution is 2.28. The Morgan fingerprint density at radius 1 is 0.947 bits per heavy atom. The number of benzene rings is 2. The van der Waals surface area contributed by atoms with E-state index in [4.69, 9.17) is 0 Å². The van der Waals surface area contributed by atoms with Crippen LogP contribution in [-0.2, 0) is 0 Å². The van der Waals surface area contributed by atoms with Crippen LogP contribution in [0, 0.1) is 0 Å². The Labute approximate surface area is 113 Å². The lowest BCUT2D eigenvalue weighted by Crippen LogP contribution is -1.77. The number of hydrogen-bond donors (Lipinski definition) is 2. The first-order valence-corrected chi connectivity index (χ1v) is 6.76. The zero-order valence-corrected chi connectivity index (χ0v) is 10.7. The first-order valence-electron chi connectivity index (χ1n) is 5.94. The van der Waals surface area contributed by atoms with E-state index in [2.05, 4.69) is 32.1 Å². The van der Waals surface area contributed by atoms with Crippen LogP contribution in [0.25, 0.3) is 22.1 Å². The van der Waals surface area contributed by atoms with Crippen molar-refractivity contribution < 1.29 is 0 Å². The van der Waals surface area contributed by atoms with Crippen molar-refractivity contribution in [3.63, 3.8) is 0 Å². The van der Waals surface area contributed by atoms with Crippen LogP contribution in [0.4, 0.5) is 0 Å². The molecule has 4 rings (SSSR count). The predicted octanol–water partition coefficient (Wildman–Crippen LogP) is 3.59. The van der Waals surface area contributed by atoms with Crippen molar-refractivity contribution in [3.05, 3.63) is 48.8 Å². The number of nitrogens with one attached hydrogen (secondary N) is 2. The number of rotatable bonds is 2. The fourth-order valence-electron chi connectivity index (χ4n) is 2.07. The summed E-state index contributed by atoms with van der Waals surface area (Å²) in [7, 11) is 0. The van der Waals surface area contributed by atoms with Crippen LogP contribution >= 0.6 is 11.8 Å². The summed E-state index contributed by atoms with van der Waals surface area (Å²) >= 11 is 1.62. The Bertz CT molecular complexity index is 829. The monoisotopic (exact) mass is 266 g/mol. The summed E-state index contributed by atoms with van der Waals surface area (Å²) in [6.45, 7) is 0. The van der Waals surface area contributed by atoms with Gasteiger partial charge in [-0.15, -0.1) is 0 Å². The summed E-state index contributed by atoms with van der Waals surface area (Å²) < 4.78 is 0. The SMILES string of the molecule is c1ccc2[nH]c(Sc3ccc4nc[nH]c4c3)nc2c1. The van der Waals surface area contributed by atoms with Gasteiger partial charge in [0, 0.05) is 4.90 Å². The van der Waals surface area contributed by atoms with Gasteiger partial charge in [0.25, 0.3) is 0 Å². The second-order valence-corrected chi connectivity index (χ2v) is 5.30. The molecule has 0 spiro atoms. The number of hydrogen-bond acceptors (Lipinski definition) is 3. The Balaban J connectivity index is 1.72. The van der Waals surface area contributed by atoms with Crippen LogP contribution in [0.15, 0.2) is 58.8 Å². The van der Waals surface area contributed by atoms with Gasteiger partial charge in [-0.25, -0.2) is 9.97 Å². The highest BCUT2D eigenvalue weighted by atomic mass is 32.2. The van der Waals surface area contributed by atoms with E-state index in [-0.39, 0.29) is 0 Å². The smallest absolute Gasteiger partial charge is 0.171 e. The van der Waals surface area contributed by atoms with Crippen LogP contribution in [0.1, 0.15) is 0 Å². The molecule has 0 amide bonds. The molecule has 0 aliphatic carbocycles. The molecule has 19 heavy (non-hydrogen) atoms. The molecule has 2 aromatic heterocycles. The quantitative estimate of drug-likeness (QED) is 0.583. The topological polar surface area (TPSA) is 57.4 Å². The fraction of sp³-hybridized carbons (Fsp3) is 0. The molecular formula is C14H10N4S. The first kappa shape index (κ1) is 10.6. The van der Waals surface area contributed by atoms with Crippen molar-refractivity contribution >= 4 is 33.8 Å². The molecule has 2 N–H and O–H groups in total. The molecule has 4 aromatic rings. The van der Waals surface area contributed by atoms with Gasteiger partial charge >= 0.3 is 0 Å². The van der Waals surface area contributed by atoms with Gasteiger partial charge in [0.1, 0.15) is 0 Å². The molecule has 0 aliphatic rings. The van der Waals surface area contributed by atoms with Gasteiger partial charge < -0.3 is 9.97 Å². The van der Waals surface area contributed by atoms with Crippen molar-refractivity contribution in [2.45, 2.75) is 10.1 Å². The molecule has 2 heterocycles. The van der Waals surface area contributed by atoms with E-state index >= 15 is 0 Å². The summed E-state index contributed by atoms with van der Waals surface area (Å²) in [5.74, 6) is 0. The van der Waals surface area contributed by atoms with Crippen LogP contribution in [0.5, 0.6) is 0 Å². The molecule has 92 valence electrons. The number of fused-ring (bicyclic) bond motifs is 2. The second kappa shape index (κ2) is 4.13. The molecule has 0 saturated carbocycles. The lowest BCUT2D eigenvalue weighted by Gasteiger charge is -1.97. The highest BCUT2D eigenvalue weighted by Gasteiger charge is 2.05. The Morgan fingerprint density at radius 2 is 1.89 bits per heavy atom. The number of nitrogens with zero attached hydrogens (tertiary/aromatic N) is 2. The van der Waals surface area contributed by atoms with Crippen molar-refractivity contribution in [1.29, 1.82) is 0 Å². The molecule has 0 unspecified atom stereocenters. The van der Waals surface area contributed by atoms with Crippen molar-refractivity contribution in [2.75, 3.05) is 0 Å². The Morgan fingerprint density at radius 3 is 2.84 bits per heavy atom. The lowest BCUT2D eigenvalue weighted by molar-refractivity contribution is 1.08. The summed E-state index contributed by atoms with van der Waals surface area (Å²) in [5, 5.41) is 0.903. The van der Waals surface area contributed by atoms with E-state index in [9.17, 15) is 0 Å². The van der Waals surface area contributed by atoms with E-state index in [1.165, 1.54) is 0 Å². The van der Waals surface area contributed by atoms with E-state index in [0.29, 0.717) is 0 Å². The average molecular weight is 266 g/mol. The zero-order chi connectivity index (χ0) is 12.7. The summed E-state index contributed by atoms with van der Waals surface area (Å²) in [5.41, 5.74) is 4.08. The van der Waals surface area contributed by atoms with Crippen LogP contribution in [-0.4, -0.2) is 19.9 Å². The van der Waals surface area contributed by atoms with Gasteiger partial charge in [0.2, 0.25) is 0 Å². The summed E-state index contributed by atoms with van der Waals surface area (Å²) in [4.78, 5) is 16.3. The fourth-order valence-corrected chi connectivity index (χ4v) is 2.91. The van der Waals surface area contributed by atoms with Crippen LogP contribution in [0.3, 0.4) is 0 Å². The van der Waals surface area contributed by atoms with E-state index in [1.807, 2.05) is 30.3 Å². The van der Waals surface area contributed by atoms with E-state index in [1.54, 1.807) is 18.1 Å². The number of aromatic amines is 2. The summed E-state index contributed by atoms with van der Waals surface area (Å²) in [6, 6.07) is 14.2. The maximum atomic E-state index is 4.56. The molecule has 0 atom stereocenters. The van der Waals surface area contributed by atoms with Crippen molar-refractivity contribution in [3.8, 4) is 0 Å². The van der Waals surface area contributed by atoms with Gasteiger partial charge in [-0.3, -0.25) is 0 Å². The second-order valence-electron chi connectivity index (χ2n) is 4.24. The minimum Gasteiger partial charge on any atom is -0.345 e. The summed E-state index contributed by atoms with van der Waals surface area (Å²) in [6.07, 6.45) is 1.71. The number of para-hydroxylation sites is 2. The van der Waals surface area contributed by atoms with Gasteiger partial charge in [-0.05, 0) is 30.3 Å². The third kappa shape index (κ3) is 1.88. The van der Waals surface area contributed by atoms with Gasteiger partial charge in [0.15, 0.2) is 5.16 Å². The largest absolute Gasteiger partial charge is 0.345 e. The molecule has 0 saturated heterocycles. The van der Waals surface area contributed by atoms with Crippen molar-refractivity contribution in [2.24, 2.45) is 0 Å². The van der Waals surface area contributed by atoms with Gasteiger partial charge in [0.05, 0.1) is 28.4 Å². The minimum atomic E-state index is 0.903. The van der Waals surface area contributed by atoms with Crippen LogP contribution < -0.4 is 0 Å². The van der Waals surface area contributed by atoms with E-state index < -0.39 is 0 Å². The zero-order valence-electron chi connectivity index (χ0n) is 9.92. The van der Waals surface area contributed by atoms with E-state index in [0.717, 1.165) is 32.1 Å². The molecular weight excluding hydrogens is 256 g/mol. The highest BCUT2D eigenvalue weighted by molar-refractivity contribution is 7.99. The molecule has 2 aromatic carbocycles. The molecule has 5 heteroatoms. The number of H-pyrrole nitrogens is 2. The van der Waals surface area contributed by atoms with Crippen molar-refractivity contribution in [1.82, 2.24) is 19.9 Å². The third-order valence-electron chi connectivity index (χ3n) is 2.97. The lowest BCUT2D eigenvalue weighted by atomic mass is 10.3. The molecule has 0 fully saturated rings. The Kier molecular flexibility index (Phi) is 2.31. The first-order chi connectivity index (χ1) is 9.38. The minimum absolute atomic E-state index is 0.903. The van der Waals surface area contributed by atoms with Gasteiger partial charge in [-0.1, -0.05) is 23.9 Å². The number of aromatic nitrogens is 4. The molecule has 0 radical (unpaired) electrons. The molecule has 0 aliphatic heterocycles. The normalized spacial score (nSPS) is 11.4. The third-order valence-corrected chi connectivity index (χ3v) is 3.85.